The molecule has 2 aromatic carbocycles. The van der Waals surface area contributed by atoms with Crippen LogP contribution in [0.3, 0.4) is 0 Å². The third-order valence-corrected chi connectivity index (χ3v) is 3.34. The van der Waals surface area contributed by atoms with Crippen molar-refractivity contribution in [1.29, 1.82) is 5.26 Å². The van der Waals surface area contributed by atoms with Gasteiger partial charge in [0.25, 0.3) is 0 Å². The molecule has 0 amide bonds. The van der Waals surface area contributed by atoms with E-state index in [0.717, 1.165) is 17.1 Å². The maximum Gasteiger partial charge on any atom is 0.338 e. The average molecular weight is 264 g/mol. The normalized spacial score (nSPS) is 10.1. The average Bonchev–Trinajstić information content (AvgIpc) is 2.29. The highest BCUT2D eigenvalue weighted by molar-refractivity contribution is 8.03. The Morgan fingerprint density at radius 2 is 2.12 bits per heavy atom. The quantitative estimate of drug-likeness (QED) is 0.662. The lowest BCUT2D eigenvalue weighted by Gasteiger charge is -2.08. The molecular formula is C12H6ClNO2S. The van der Waals surface area contributed by atoms with E-state index in [4.69, 9.17) is 22.0 Å². The fourth-order valence-electron chi connectivity index (χ4n) is 1.61. The summed E-state index contributed by atoms with van der Waals surface area (Å²) in [5.41, 5.74) is -0.0167. The number of carboxylic acid groups (broad SMARTS) is 1. The van der Waals surface area contributed by atoms with Gasteiger partial charge in [0.1, 0.15) is 5.40 Å². The van der Waals surface area contributed by atoms with Crippen LogP contribution in [-0.2, 0) is 0 Å². The molecule has 1 N–H and O–H groups in total. The molecule has 0 spiro atoms. The van der Waals surface area contributed by atoms with E-state index in [9.17, 15) is 4.79 Å². The summed E-state index contributed by atoms with van der Waals surface area (Å²) in [5, 5.41) is 21.3. The second-order valence-corrected chi connectivity index (χ2v) is 4.49. The standard InChI is InChI=1S/C12H6ClNO2S/c13-11-8-4-2-1-3-7(8)5-9(17-6-14)10(11)12(15)16/h1-5H,(H,15,16). The third-order valence-electron chi connectivity index (χ3n) is 2.32. The molecule has 0 unspecified atom stereocenters. The molecule has 0 aliphatic rings. The monoisotopic (exact) mass is 263 g/mol. The molecule has 0 aliphatic carbocycles. The number of nitrogens with zero attached hydrogens (tertiary/aromatic N) is 1. The molecule has 0 heterocycles. The number of rotatable bonds is 2. The lowest BCUT2D eigenvalue weighted by atomic mass is 10.1. The van der Waals surface area contributed by atoms with Gasteiger partial charge in [-0.2, -0.15) is 5.26 Å². The van der Waals surface area contributed by atoms with Crippen LogP contribution in [0.2, 0.25) is 5.02 Å². The summed E-state index contributed by atoms with van der Waals surface area (Å²) >= 11 is 6.87. The Bertz CT molecular complexity index is 649. The number of aromatic carboxylic acids is 1. The first kappa shape index (κ1) is 11.8. The van der Waals surface area contributed by atoms with Crippen molar-refractivity contribution in [2.45, 2.75) is 4.90 Å². The number of thiocyanates is 1. The van der Waals surface area contributed by atoms with Crippen molar-refractivity contribution < 1.29 is 9.90 Å². The van der Waals surface area contributed by atoms with Crippen molar-refractivity contribution in [3.63, 3.8) is 0 Å². The number of hydrogen-bond donors (Lipinski definition) is 1. The topological polar surface area (TPSA) is 61.1 Å². The van der Waals surface area contributed by atoms with Crippen molar-refractivity contribution in [3.8, 4) is 5.40 Å². The van der Waals surface area contributed by atoms with E-state index in [1.165, 1.54) is 0 Å². The van der Waals surface area contributed by atoms with Gasteiger partial charge in [-0.1, -0.05) is 35.9 Å². The van der Waals surface area contributed by atoms with Crippen LogP contribution < -0.4 is 0 Å². The Labute approximate surface area is 107 Å². The summed E-state index contributed by atoms with van der Waals surface area (Å²) < 4.78 is 0. The Hall–Kier alpha value is -1.70. The SMILES string of the molecule is N#CSc1cc2ccccc2c(Cl)c1C(=O)O. The first-order valence-corrected chi connectivity index (χ1v) is 5.85. The Morgan fingerprint density at radius 3 is 2.76 bits per heavy atom. The van der Waals surface area contributed by atoms with Crippen molar-refractivity contribution in [2.24, 2.45) is 0 Å². The van der Waals surface area contributed by atoms with Crippen LogP contribution >= 0.6 is 23.4 Å². The van der Waals surface area contributed by atoms with E-state index in [-0.39, 0.29) is 10.6 Å². The zero-order valence-electron chi connectivity index (χ0n) is 8.48. The van der Waals surface area contributed by atoms with E-state index in [1.807, 2.05) is 17.5 Å². The fourth-order valence-corrected chi connectivity index (χ4v) is 2.59. The van der Waals surface area contributed by atoms with Gasteiger partial charge in [-0.25, -0.2) is 4.79 Å². The van der Waals surface area contributed by atoms with Crippen molar-refractivity contribution in [3.05, 3.63) is 40.9 Å². The van der Waals surface area contributed by atoms with Gasteiger partial charge in [-0.3, -0.25) is 0 Å². The maximum atomic E-state index is 11.2. The number of carbonyl (C=O) groups is 1. The fraction of sp³-hybridized carbons (Fsp3) is 0. The van der Waals surface area contributed by atoms with Gasteiger partial charge in [0.2, 0.25) is 0 Å². The summed E-state index contributed by atoms with van der Waals surface area (Å²) in [6.45, 7) is 0. The van der Waals surface area contributed by atoms with Crippen LogP contribution in [-0.4, -0.2) is 11.1 Å². The molecule has 3 nitrogen and oxygen atoms in total. The van der Waals surface area contributed by atoms with E-state index >= 15 is 0 Å². The molecule has 17 heavy (non-hydrogen) atoms. The summed E-state index contributed by atoms with van der Waals surface area (Å²) in [5.74, 6) is -1.13. The van der Waals surface area contributed by atoms with E-state index in [1.54, 1.807) is 18.2 Å². The lowest BCUT2D eigenvalue weighted by Crippen LogP contribution is -2.00. The molecule has 0 saturated carbocycles. The van der Waals surface area contributed by atoms with Gasteiger partial charge in [-0.05, 0) is 23.2 Å². The van der Waals surface area contributed by atoms with Gasteiger partial charge < -0.3 is 5.11 Å². The molecule has 2 aromatic rings. The summed E-state index contributed by atoms with van der Waals surface area (Å²) in [4.78, 5) is 11.5. The van der Waals surface area contributed by atoms with E-state index in [2.05, 4.69) is 0 Å². The molecule has 84 valence electrons. The van der Waals surface area contributed by atoms with Gasteiger partial charge in [0.05, 0.1) is 10.6 Å². The third kappa shape index (κ3) is 2.07. The largest absolute Gasteiger partial charge is 0.478 e. The molecule has 0 atom stereocenters. The molecule has 0 aliphatic heterocycles. The molecule has 0 saturated heterocycles. The molecule has 0 fully saturated rings. The van der Waals surface area contributed by atoms with Crippen molar-refractivity contribution in [2.75, 3.05) is 0 Å². The van der Waals surface area contributed by atoms with Crippen LogP contribution in [0.4, 0.5) is 0 Å². The van der Waals surface area contributed by atoms with Crippen molar-refractivity contribution >= 4 is 40.1 Å². The second-order valence-electron chi connectivity index (χ2n) is 3.28. The number of hydrogen-bond acceptors (Lipinski definition) is 3. The van der Waals surface area contributed by atoms with E-state index in [0.29, 0.717) is 10.3 Å². The van der Waals surface area contributed by atoms with Crippen LogP contribution in [0.15, 0.2) is 35.2 Å². The number of carboxylic acids is 1. The molecule has 0 aromatic heterocycles. The first-order chi connectivity index (χ1) is 8.15. The van der Waals surface area contributed by atoms with Gasteiger partial charge >= 0.3 is 5.97 Å². The number of nitriles is 1. The zero-order chi connectivity index (χ0) is 12.4. The molecule has 0 radical (unpaired) electrons. The van der Waals surface area contributed by atoms with Gasteiger partial charge in [0.15, 0.2) is 0 Å². The van der Waals surface area contributed by atoms with Crippen LogP contribution in [0, 0.1) is 10.7 Å². The van der Waals surface area contributed by atoms with Gasteiger partial charge in [-0.15, -0.1) is 0 Å². The number of benzene rings is 2. The summed E-state index contributed by atoms with van der Waals surface area (Å²) in [7, 11) is 0. The predicted octanol–water partition coefficient (Wildman–Crippen LogP) is 3.76. The van der Waals surface area contributed by atoms with Crippen LogP contribution in [0.25, 0.3) is 10.8 Å². The molecule has 5 heteroatoms. The highest BCUT2D eigenvalue weighted by Crippen LogP contribution is 2.35. The Balaban J connectivity index is 2.84. The van der Waals surface area contributed by atoms with Crippen LogP contribution in [0.1, 0.15) is 10.4 Å². The Kier molecular flexibility index (Phi) is 3.23. The number of halogens is 1. The van der Waals surface area contributed by atoms with Crippen molar-refractivity contribution in [1.82, 2.24) is 0 Å². The van der Waals surface area contributed by atoms with E-state index < -0.39 is 5.97 Å². The van der Waals surface area contributed by atoms with Gasteiger partial charge in [0, 0.05) is 10.3 Å². The highest BCUT2D eigenvalue weighted by Gasteiger charge is 2.18. The molecular weight excluding hydrogens is 258 g/mol. The summed E-state index contributed by atoms with van der Waals surface area (Å²) in [6, 6.07) is 8.87. The zero-order valence-corrected chi connectivity index (χ0v) is 10.0. The Morgan fingerprint density at radius 1 is 1.41 bits per heavy atom. The second kappa shape index (κ2) is 4.66. The summed E-state index contributed by atoms with van der Waals surface area (Å²) in [6.07, 6.45) is 0. The first-order valence-electron chi connectivity index (χ1n) is 4.65. The molecule has 0 bridgehead atoms. The minimum absolute atomic E-state index is 0.0167. The van der Waals surface area contributed by atoms with Crippen LogP contribution in [0.5, 0.6) is 0 Å². The molecule has 2 rings (SSSR count). The minimum atomic E-state index is -1.13. The lowest BCUT2D eigenvalue weighted by molar-refractivity contribution is 0.0693. The maximum absolute atomic E-state index is 11.2. The minimum Gasteiger partial charge on any atom is -0.478 e. The number of fused-ring (bicyclic) bond motifs is 1. The predicted molar refractivity (Wildman–Crippen MR) is 67.4 cm³/mol. The number of thioether (sulfide) groups is 1. The smallest absolute Gasteiger partial charge is 0.338 e. The highest BCUT2D eigenvalue weighted by atomic mass is 35.5.